The highest BCUT2D eigenvalue weighted by Crippen LogP contribution is 2.09. The minimum Gasteiger partial charge on any atom is -0.228 e. The van der Waals surface area contributed by atoms with E-state index in [1.54, 1.807) is 23.5 Å². The van der Waals surface area contributed by atoms with Crippen molar-refractivity contribution in [2.75, 3.05) is 5.75 Å². The Morgan fingerprint density at radius 2 is 2.33 bits per heavy atom. The van der Waals surface area contributed by atoms with Gasteiger partial charge >= 0.3 is 0 Å². The molecule has 0 saturated heterocycles. The predicted molar refractivity (Wildman–Crippen MR) is 51.3 cm³/mol. The van der Waals surface area contributed by atoms with Crippen LogP contribution in [0.25, 0.3) is 6.08 Å². The van der Waals surface area contributed by atoms with E-state index in [1.165, 1.54) is 0 Å². The molecule has 1 aromatic rings. The monoisotopic (exact) mass is 203 g/mol. The summed E-state index contributed by atoms with van der Waals surface area (Å²) < 4.78 is 21.0. The van der Waals surface area contributed by atoms with Crippen LogP contribution in [0.15, 0.2) is 23.6 Å². The summed E-state index contributed by atoms with van der Waals surface area (Å²) in [6, 6.07) is 3.81. The first-order valence-electron chi connectivity index (χ1n) is 3.28. The van der Waals surface area contributed by atoms with Gasteiger partial charge in [-0.3, -0.25) is 0 Å². The molecule has 0 aliphatic heterocycles. The van der Waals surface area contributed by atoms with Gasteiger partial charge in [-0.2, -0.15) is 0 Å². The standard InChI is InChI=1S/C7H9NO2S2/c8-12(9,10)6-2-4-7-3-1-5-11-7/h1-5H,6H2,(H2,8,9,10)/b4-2+. The third-order valence-electron chi connectivity index (χ3n) is 1.15. The Bertz CT molecular complexity index is 351. The first-order chi connectivity index (χ1) is 5.58. The fourth-order valence-corrected chi connectivity index (χ4v) is 1.70. The van der Waals surface area contributed by atoms with Crippen LogP contribution in [-0.4, -0.2) is 14.2 Å². The minimum atomic E-state index is -3.36. The highest BCUT2D eigenvalue weighted by Gasteiger charge is 1.96. The molecule has 0 aliphatic rings. The van der Waals surface area contributed by atoms with Crippen molar-refractivity contribution in [3.05, 3.63) is 28.5 Å². The Kier molecular flexibility index (Phi) is 3.02. The van der Waals surface area contributed by atoms with E-state index in [9.17, 15) is 8.42 Å². The Morgan fingerprint density at radius 3 is 2.83 bits per heavy atom. The average molecular weight is 203 g/mol. The van der Waals surface area contributed by atoms with Gasteiger partial charge in [0.05, 0.1) is 5.75 Å². The van der Waals surface area contributed by atoms with Crippen LogP contribution >= 0.6 is 11.3 Å². The highest BCUT2D eigenvalue weighted by atomic mass is 32.2. The Balaban J connectivity index is 2.54. The lowest BCUT2D eigenvalue weighted by atomic mass is 10.4. The van der Waals surface area contributed by atoms with Gasteiger partial charge in [0, 0.05) is 4.88 Å². The number of rotatable bonds is 3. The third kappa shape index (κ3) is 3.66. The van der Waals surface area contributed by atoms with Crippen LogP contribution in [0, 0.1) is 0 Å². The lowest BCUT2D eigenvalue weighted by Gasteiger charge is -1.87. The van der Waals surface area contributed by atoms with Crippen LogP contribution in [0.3, 0.4) is 0 Å². The molecule has 0 aliphatic carbocycles. The molecule has 0 spiro atoms. The summed E-state index contributed by atoms with van der Waals surface area (Å²) >= 11 is 1.55. The molecule has 12 heavy (non-hydrogen) atoms. The molecule has 5 heteroatoms. The minimum absolute atomic E-state index is 0.106. The van der Waals surface area contributed by atoms with E-state index in [-0.39, 0.29) is 5.75 Å². The van der Waals surface area contributed by atoms with Crippen molar-refractivity contribution in [3.63, 3.8) is 0 Å². The Labute approximate surface area is 75.6 Å². The zero-order valence-electron chi connectivity index (χ0n) is 6.30. The van der Waals surface area contributed by atoms with Crippen molar-refractivity contribution in [1.82, 2.24) is 0 Å². The van der Waals surface area contributed by atoms with Gasteiger partial charge in [-0.25, -0.2) is 13.6 Å². The molecular weight excluding hydrogens is 194 g/mol. The fraction of sp³-hybridized carbons (Fsp3) is 0.143. The van der Waals surface area contributed by atoms with Gasteiger partial charge in [0.1, 0.15) is 0 Å². The first-order valence-corrected chi connectivity index (χ1v) is 5.88. The summed E-state index contributed by atoms with van der Waals surface area (Å²) in [5.74, 6) is -0.106. The quantitative estimate of drug-likeness (QED) is 0.798. The maximum Gasteiger partial charge on any atom is 0.212 e. The van der Waals surface area contributed by atoms with Crippen molar-refractivity contribution in [2.45, 2.75) is 0 Å². The summed E-state index contributed by atoms with van der Waals surface area (Å²) in [6.45, 7) is 0. The first kappa shape index (κ1) is 9.44. The second kappa shape index (κ2) is 3.84. The van der Waals surface area contributed by atoms with Crippen LogP contribution in [0.4, 0.5) is 0 Å². The third-order valence-corrected chi connectivity index (χ3v) is 2.65. The summed E-state index contributed by atoms with van der Waals surface area (Å²) in [7, 11) is -3.36. The lowest BCUT2D eigenvalue weighted by Crippen LogP contribution is -2.14. The van der Waals surface area contributed by atoms with Crippen molar-refractivity contribution < 1.29 is 8.42 Å². The molecule has 0 atom stereocenters. The second-order valence-electron chi connectivity index (χ2n) is 2.25. The molecule has 0 amide bonds. The van der Waals surface area contributed by atoms with E-state index >= 15 is 0 Å². The molecule has 0 saturated carbocycles. The molecule has 0 bridgehead atoms. The van der Waals surface area contributed by atoms with Gasteiger partial charge in [-0.15, -0.1) is 11.3 Å². The SMILES string of the molecule is NS(=O)(=O)C/C=C/c1cccs1. The van der Waals surface area contributed by atoms with Crippen LogP contribution in [-0.2, 0) is 10.0 Å². The second-order valence-corrected chi connectivity index (χ2v) is 4.89. The van der Waals surface area contributed by atoms with Crippen molar-refractivity contribution in [2.24, 2.45) is 5.14 Å². The Hall–Kier alpha value is -0.650. The number of sulfonamides is 1. The van der Waals surface area contributed by atoms with E-state index in [4.69, 9.17) is 5.14 Å². The molecular formula is C7H9NO2S2. The van der Waals surface area contributed by atoms with Crippen LogP contribution in [0.2, 0.25) is 0 Å². The number of nitrogens with two attached hydrogens (primary N) is 1. The normalized spacial score (nSPS) is 12.4. The number of thiophene rings is 1. The Morgan fingerprint density at radius 1 is 1.58 bits per heavy atom. The molecule has 1 rings (SSSR count). The summed E-state index contributed by atoms with van der Waals surface area (Å²) in [5.41, 5.74) is 0. The molecule has 2 N–H and O–H groups in total. The average Bonchev–Trinajstić information content (AvgIpc) is 2.36. The van der Waals surface area contributed by atoms with E-state index in [2.05, 4.69) is 0 Å². The topological polar surface area (TPSA) is 60.2 Å². The predicted octanol–water partition coefficient (Wildman–Crippen LogP) is 1.05. The van der Waals surface area contributed by atoms with Gasteiger partial charge in [0.15, 0.2) is 0 Å². The molecule has 0 aromatic carbocycles. The highest BCUT2D eigenvalue weighted by molar-refractivity contribution is 7.89. The zero-order chi connectivity index (χ0) is 9.03. The van der Waals surface area contributed by atoms with Crippen molar-refractivity contribution >= 4 is 27.4 Å². The van der Waals surface area contributed by atoms with Gasteiger partial charge in [0.25, 0.3) is 0 Å². The van der Waals surface area contributed by atoms with E-state index in [0.717, 1.165) is 4.88 Å². The summed E-state index contributed by atoms with van der Waals surface area (Å²) in [4.78, 5) is 1.03. The molecule has 66 valence electrons. The van der Waals surface area contributed by atoms with E-state index in [1.807, 2.05) is 17.5 Å². The molecule has 0 fully saturated rings. The molecule has 1 heterocycles. The van der Waals surface area contributed by atoms with Crippen LogP contribution in [0.5, 0.6) is 0 Å². The van der Waals surface area contributed by atoms with Gasteiger partial charge in [-0.05, 0) is 17.5 Å². The maximum atomic E-state index is 10.5. The molecule has 1 aromatic heterocycles. The van der Waals surface area contributed by atoms with E-state index < -0.39 is 10.0 Å². The van der Waals surface area contributed by atoms with Gasteiger partial charge < -0.3 is 0 Å². The lowest BCUT2D eigenvalue weighted by molar-refractivity contribution is 0.600. The zero-order valence-corrected chi connectivity index (χ0v) is 7.94. The number of primary sulfonamides is 1. The van der Waals surface area contributed by atoms with Crippen molar-refractivity contribution in [3.8, 4) is 0 Å². The van der Waals surface area contributed by atoms with Gasteiger partial charge in [-0.1, -0.05) is 12.1 Å². The summed E-state index contributed by atoms with van der Waals surface area (Å²) in [6.07, 6.45) is 3.29. The van der Waals surface area contributed by atoms with E-state index in [0.29, 0.717) is 0 Å². The van der Waals surface area contributed by atoms with Crippen LogP contribution < -0.4 is 5.14 Å². The fourth-order valence-electron chi connectivity index (χ4n) is 0.684. The molecule has 3 nitrogen and oxygen atoms in total. The maximum absolute atomic E-state index is 10.5. The molecule has 0 radical (unpaired) electrons. The summed E-state index contributed by atoms with van der Waals surface area (Å²) in [5, 5.41) is 6.73. The smallest absolute Gasteiger partial charge is 0.212 e. The largest absolute Gasteiger partial charge is 0.228 e. The van der Waals surface area contributed by atoms with Crippen LogP contribution in [0.1, 0.15) is 4.88 Å². The number of hydrogen-bond acceptors (Lipinski definition) is 3. The van der Waals surface area contributed by atoms with Crippen molar-refractivity contribution in [1.29, 1.82) is 0 Å². The molecule has 0 unspecified atom stereocenters. The van der Waals surface area contributed by atoms with Gasteiger partial charge in [0.2, 0.25) is 10.0 Å². The number of hydrogen-bond donors (Lipinski definition) is 1.